The number of hydrogen-bond acceptors (Lipinski definition) is 2. The fraction of sp³-hybridized carbons (Fsp3) is 1.00. The number of piperidine rings is 1. The summed E-state index contributed by atoms with van der Waals surface area (Å²) in [6, 6.07) is 0.830. The highest BCUT2D eigenvalue weighted by Gasteiger charge is 2.41. The van der Waals surface area contributed by atoms with E-state index in [0.29, 0.717) is 18.1 Å². The topological polar surface area (TPSA) is 23.5 Å². The van der Waals surface area contributed by atoms with Gasteiger partial charge >= 0.3 is 0 Å². The van der Waals surface area contributed by atoms with Gasteiger partial charge in [0.25, 0.3) is 0 Å². The van der Waals surface area contributed by atoms with Crippen LogP contribution in [0.4, 0.5) is 0 Å². The molecule has 2 heteroatoms. The lowest BCUT2D eigenvalue weighted by Gasteiger charge is -2.51. The van der Waals surface area contributed by atoms with Crippen LogP contribution >= 0.6 is 0 Å². The number of likely N-dealkylation sites (tertiary alicyclic amines) is 1. The van der Waals surface area contributed by atoms with E-state index in [1.165, 1.54) is 45.1 Å². The average Bonchev–Trinajstić information content (AvgIpc) is 2.74. The average molecular weight is 225 g/mol. The molecule has 0 radical (unpaired) electrons. The normalized spacial score (nSPS) is 32.1. The molecule has 2 aliphatic rings. The molecule has 0 aromatic rings. The lowest BCUT2D eigenvalue weighted by atomic mass is 9.76. The molecule has 1 saturated carbocycles. The van der Waals surface area contributed by atoms with Crippen LogP contribution < -0.4 is 0 Å². The van der Waals surface area contributed by atoms with Gasteiger partial charge in [-0.1, -0.05) is 12.8 Å². The van der Waals surface area contributed by atoms with E-state index in [0.717, 1.165) is 12.5 Å². The fourth-order valence-corrected chi connectivity index (χ4v) is 3.91. The zero-order chi connectivity index (χ0) is 11.6. The van der Waals surface area contributed by atoms with E-state index < -0.39 is 0 Å². The van der Waals surface area contributed by atoms with Crippen molar-refractivity contribution in [1.29, 1.82) is 0 Å². The molecule has 0 amide bonds. The Hall–Kier alpha value is -0.0800. The maximum absolute atomic E-state index is 9.18. The standard InChI is InChI=1S/C14H27NO/c1-14(2)12(9-11-16)6-5-10-15(14)13-7-3-4-8-13/h12-13,16H,3-11H2,1-2H3. The summed E-state index contributed by atoms with van der Waals surface area (Å²) in [5, 5.41) is 9.18. The second-order valence-electron chi connectivity index (χ2n) is 6.14. The van der Waals surface area contributed by atoms with Crippen molar-refractivity contribution < 1.29 is 5.11 Å². The van der Waals surface area contributed by atoms with Gasteiger partial charge in [0, 0.05) is 18.2 Å². The molecule has 1 atom stereocenters. The molecule has 0 spiro atoms. The highest BCUT2D eigenvalue weighted by molar-refractivity contribution is 4.96. The molecule has 1 aliphatic carbocycles. The van der Waals surface area contributed by atoms with E-state index in [-0.39, 0.29) is 0 Å². The van der Waals surface area contributed by atoms with Gasteiger partial charge in [0.05, 0.1) is 0 Å². The summed E-state index contributed by atoms with van der Waals surface area (Å²) in [4.78, 5) is 2.75. The Labute approximate surface area is 100 Å². The summed E-state index contributed by atoms with van der Waals surface area (Å²) < 4.78 is 0. The van der Waals surface area contributed by atoms with Gasteiger partial charge in [-0.2, -0.15) is 0 Å². The summed E-state index contributed by atoms with van der Waals surface area (Å²) in [6.45, 7) is 6.42. The Bertz CT molecular complexity index is 219. The van der Waals surface area contributed by atoms with Gasteiger partial charge in [-0.3, -0.25) is 4.90 Å². The molecule has 2 nitrogen and oxygen atoms in total. The van der Waals surface area contributed by atoms with Crippen LogP contribution in [0.1, 0.15) is 58.8 Å². The Morgan fingerprint density at radius 1 is 1.12 bits per heavy atom. The second-order valence-corrected chi connectivity index (χ2v) is 6.14. The van der Waals surface area contributed by atoms with Crippen molar-refractivity contribution in [3.05, 3.63) is 0 Å². The monoisotopic (exact) mass is 225 g/mol. The van der Waals surface area contributed by atoms with Crippen molar-refractivity contribution >= 4 is 0 Å². The van der Waals surface area contributed by atoms with Gasteiger partial charge in [-0.25, -0.2) is 0 Å². The van der Waals surface area contributed by atoms with Gasteiger partial charge in [0.1, 0.15) is 0 Å². The maximum Gasteiger partial charge on any atom is 0.0434 e. The first-order valence-corrected chi connectivity index (χ1v) is 7.04. The van der Waals surface area contributed by atoms with Crippen molar-refractivity contribution in [2.75, 3.05) is 13.2 Å². The largest absolute Gasteiger partial charge is 0.396 e. The summed E-state index contributed by atoms with van der Waals surface area (Å²) >= 11 is 0. The summed E-state index contributed by atoms with van der Waals surface area (Å²) in [5.74, 6) is 0.687. The van der Waals surface area contributed by atoms with Crippen LogP contribution in [0.5, 0.6) is 0 Å². The molecule has 0 aromatic carbocycles. The SMILES string of the molecule is CC1(C)C(CCO)CCCN1C1CCCC1. The Morgan fingerprint density at radius 3 is 2.44 bits per heavy atom. The Kier molecular flexibility index (Phi) is 3.91. The van der Waals surface area contributed by atoms with Crippen LogP contribution in [0.15, 0.2) is 0 Å². The molecule has 0 aromatic heterocycles. The van der Waals surface area contributed by atoms with Crippen molar-refractivity contribution in [2.24, 2.45) is 5.92 Å². The smallest absolute Gasteiger partial charge is 0.0434 e. The third kappa shape index (κ3) is 2.28. The number of aliphatic hydroxyl groups excluding tert-OH is 1. The van der Waals surface area contributed by atoms with Crippen LogP contribution in [0.3, 0.4) is 0 Å². The minimum absolute atomic E-state index is 0.302. The Balaban J connectivity index is 2.05. The molecular weight excluding hydrogens is 198 g/mol. The highest BCUT2D eigenvalue weighted by atomic mass is 16.3. The van der Waals surface area contributed by atoms with E-state index in [1.54, 1.807) is 0 Å². The van der Waals surface area contributed by atoms with Crippen molar-refractivity contribution in [2.45, 2.75) is 70.4 Å². The van der Waals surface area contributed by atoms with Gasteiger partial charge in [-0.15, -0.1) is 0 Å². The molecule has 0 bridgehead atoms. The van der Waals surface area contributed by atoms with E-state index >= 15 is 0 Å². The zero-order valence-corrected chi connectivity index (χ0v) is 10.9. The number of rotatable bonds is 3. The first-order chi connectivity index (χ1) is 7.66. The third-order valence-corrected chi connectivity index (χ3v) is 4.93. The van der Waals surface area contributed by atoms with Crippen LogP contribution in [-0.4, -0.2) is 34.7 Å². The predicted molar refractivity (Wildman–Crippen MR) is 67.5 cm³/mol. The Morgan fingerprint density at radius 2 is 1.81 bits per heavy atom. The van der Waals surface area contributed by atoms with E-state index in [4.69, 9.17) is 0 Å². The quantitative estimate of drug-likeness (QED) is 0.798. The molecule has 1 N–H and O–H groups in total. The molecular formula is C14H27NO. The highest BCUT2D eigenvalue weighted by Crippen LogP contribution is 2.39. The lowest BCUT2D eigenvalue weighted by Crippen LogP contribution is -2.56. The molecule has 2 rings (SSSR count). The zero-order valence-electron chi connectivity index (χ0n) is 10.9. The van der Waals surface area contributed by atoms with E-state index in [9.17, 15) is 5.11 Å². The van der Waals surface area contributed by atoms with Gasteiger partial charge in [0.2, 0.25) is 0 Å². The van der Waals surface area contributed by atoms with Crippen LogP contribution in [0.25, 0.3) is 0 Å². The summed E-state index contributed by atoms with van der Waals surface area (Å²) in [7, 11) is 0. The minimum atomic E-state index is 0.302. The molecule has 1 aliphatic heterocycles. The van der Waals surface area contributed by atoms with E-state index in [1.807, 2.05) is 0 Å². The van der Waals surface area contributed by atoms with Crippen molar-refractivity contribution in [3.8, 4) is 0 Å². The molecule has 1 unspecified atom stereocenters. The molecule has 1 heterocycles. The predicted octanol–water partition coefficient (Wildman–Crippen LogP) is 2.80. The molecule has 16 heavy (non-hydrogen) atoms. The third-order valence-electron chi connectivity index (χ3n) is 4.93. The van der Waals surface area contributed by atoms with Crippen LogP contribution in [-0.2, 0) is 0 Å². The van der Waals surface area contributed by atoms with E-state index in [2.05, 4.69) is 18.7 Å². The minimum Gasteiger partial charge on any atom is -0.396 e. The lowest BCUT2D eigenvalue weighted by molar-refractivity contribution is -0.0189. The number of hydrogen-bond donors (Lipinski definition) is 1. The summed E-state index contributed by atoms with van der Waals surface area (Å²) in [6.07, 6.45) is 9.24. The van der Waals surface area contributed by atoms with Crippen molar-refractivity contribution in [3.63, 3.8) is 0 Å². The molecule has 2 fully saturated rings. The van der Waals surface area contributed by atoms with Gasteiger partial charge in [0.15, 0.2) is 0 Å². The molecule has 94 valence electrons. The van der Waals surface area contributed by atoms with Gasteiger partial charge < -0.3 is 5.11 Å². The number of nitrogens with zero attached hydrogens (tertiary/aromatic N) is 1. The second kappa shape index (κ2) is 5.05. The van der Waals surface area contributed by atoms with Gasteiger partial charge in [-0.05, 0) is 58.4 Å². The fourth-order valence-electron chi connectivity index (χ4n) is 3.91. The molecule has 1 saturated heterocycles. The van der Waals surface area contributed by atoms with Crippen LogP contribution in [0.2, 0.25) is 0 Å². The first kappa shape index (κ1) is 12.4. The first-order valence-electron chi connectivity index (χ1n) is 7.04. The van der Waals surface area contributed by atoms with Crippen molar-refractivity contribution in [1.82, 2.24) is 4.90 Å². The summed E-state index contributed by atoms with van der Waals surface area (Å²) in [5.41, 5.74) is 0.302. The maximum atomic E-state index is 9.18. The van der Waals surface area contributed by atoms with Crippen LogP contribution in [0, 0.1) is 5.92 Å². The number of aliphatic hydroxyl groups is 1.